The maximum Gasteiger partial charge on any atom is 0.356 e. The highest BCUT2D eigenvalue weighted by Gasteiger charge is 2.29. The van der Waals surface area contributed by atoms with Crippen LogP contribution in [0.15, 0.2) is 60.8 Å². The Balaban J connectivity index is 1.58. The van der Waals surface area contributed by atoms with E-state index in [1.165, 1.54) is 7.11 Å². The molecule has 208 valence electrons. The Hall–Kier alpha value is -4.57. The van der Waals surface area contributed by atoms with Crippen molar-refractivity contribution in [2.45, 2.75) is 32.0 Å². The van der Waals surface area contributed by atoms with Gasteiger partial charge in [-0.2, -0.15) is 0 Å². The largest absolute Gasteiger partial charge is 0.496 e. The molecule has 0 bridgehead atoms. The number of methoxy groups -OCH3 is 3. The van der Waals surface area contributed by atoms with Gasteiger partial charge in [-0.15, -0.1) is 0 Å². The Morgan fingerprint density at radius 2 is 1.80 bits per heavy atom. The van der Waals surface area contributed by atoms with Crippen molar-refractivity contribution in [3.05, 3.63) is 77.6 Å². The van der Waals surface area contributed by atoms with Crippen LogP contribution in [0.3, 0.4) is 0 Å². The van der Waals surface area contributed by atoms with Crippen LogP contribution in [0.2, 0.25) is 0 Å². The number of hydrogen-bond donors (Lipinski definition) is 2. The monoisotopic (exact) mass is 544 g/mol. The van der Waals surface area contributed by atoms with Gasteiger partial charge in [0, 0.05) is 24.1 Å². The van der Waals surface area contributed by atoms with Crippen LogP contribution in [0.1, 0.15) is 39.3 Å². The highest BCUT2D eigenvalue weighted by atomic mass is 16.5. The van der Waals surface area contributed by atoms with Gasteiger partial charge in [0.1, 0.15) is 17.1 Å². The van der Waals surface area contributed by atoms with Crippen LogP contribution in [-0.4, -0.2) is 55.5 Å². The standard InChI is InChI=1S/C30H32N4O6/c1-37-24-12-7-13-25(38-2)23(24)17-31-20-15-22-26(33-29(35)19-9-5-4-6-10-19)27(30(36)39-3)34(28(22)32-16-20)18-21-11-8-14-40-21/h4-7,9-10,12-13,15-16,21,31H,8,11,14,17-18H2,1-3H3,(H,33,35). The Morgan fingerprint density at radius 1 is 1.05 bits per heavy atom. The van der Waals surface area contributed by atoms with Gasteiger partial charge in [-0.3, -0.25) is 4.79 Å². The SMILES string of the molecule is COC(=O)c1c(NC(=O)c2ccccc2)c2cc(NCc3c(OC)cccc3OC)cnc2n1CC1CCCO1. The molecule has 0 saturated carbocycles. The fourth-order valence-electron chi connectivity index (χ4n) is 4.99. The van der Waals surface area contributed by atoms with Gasteiger partial charge in [0.05, 0.1) is 57.1 Å². The number of benzene rings is 2. The number of rotatable bonds is 10. The minimum atomic E-state index is -0.576. The molecular weight excluding hydrogens is 512 g/mol. The molecule has 3 heterocycles. The molecule has 1 saturated heterocycles. The number of aromatic nitrogens is 2. The Morgan fingerprint density at radius 3 is 2.45 bits per heavy atom. The number of pyridine rings is 1. The van der Waals surface area contributed by atoms with Crippen LogP contribution in [0.4, 0.5) is 11.4 Å². The quantitative estimate of drug-likeness (QED) is 0.272. The Bertz CT molecular complexity index is 1490. The summed E-state index contributed by atoms with van der Waals surface area (Å²) in [6.45, 7) is 1.47. The third-order valence-electron chi connectivity index (χ3n) is 6.96. The predicted octanol–water partition coefficient (Wildman–Crippen LogP) is 4.88. The lowest BCUT2D eigenvalue weighted by Gasteiger charge is -2.15. The van der Waals surface area contributed by atoms with Gasteiger partial charge >= 0.3 is 5.97 Å². The number of hydrogen-bond acceptors (Lipinski definition) is 8. The zero-order valence-corrected chi connectivity index (χ0v) is 22.7. The highest BCUT2D eigenvalue weighted by Crippen LogP contribution is 2.35. The Labute approximate surface area is 232 Å². The van der Waals surface area contributed by atoms with Crippen LogP contribution in [-0.2, 0) is 22.6 Å². The molecule has 1 amide bonds. The first-order chi connectivity index (χ1) is 19.5. The molecule has 10 nitrogen and oxygen atoms in total. The smallest absolute Gasteiger partial charge is 0.356 e. The minimum absolute atomic E-state index is 0.0747. The van der Waals surface area contributed by atoms with Crippen molar-refractivity contribution in [2.75, 3.05) is 38.6 Å². The molecular formula is C30H32N4O6. The van der Waals surface area contributed by atoms with E-state index in [9.17, 15) is 9.59 Å². The molecule has 10 heteroatoms. The van der Waals surface area contributed by atoms with Crippen LogP contribution >= 0.6 is 0 Å². The molecule has 1 aliphatic heterocycles. The van der Waals surface area contributed by atoms with Gasteiger partial charge in [0.2, 0.25) is 0 Å². The molecule has 2 aromatic heterocycles. The highest BCUT2D eigenvalue weighted by molar-refractivity contribution is 6.14. The molecule has 0 radical (unpaired) electrons. The van der Waals surface area contributed by atoms with E-state index in [4.69, 9.17) is 23.9 Å². The summed E-state index contributed by atoms with van der Waals surface area (Å²) in [5.41, 5.74) is 3.08. The molecule has 1 atom stereocenters. The molecule has 1 unspecified atom stereocenters. The van der Waals surface area contributed by atoms with Gasteiger partial charge < -0.3 is 34.1 Å². The first-order valence-corrected chi connectivity index (χ1v) is 13.1. The lowest BCUT2D eigenvalue weighted by atomic mass is 10.1. The number of amides is 1. The van der Waals surface area contributed by atoms with Crippen molar-refractivity contribution in [1.82, 2.24) is 9.55 Å². The van der Waals surface area contributed by atoms with E-state index in [0.717, 1.165) is 18.4 Å². The van der Waals surface area contributed by atoms with E-state index < -0.39 is 5.97 Å². The Kier molecular flexibility index (Phi) is 8.16. The summed E-state index contributed by atoms with van der Waals surface area (Å²) in [4.78, 5) is 31.1. The molecule has 0 aliphatic carbocycles. The van der Waals surface area contributed by atoms with Crippen molar-refractivity contribution < 1.29 is 28.5 Å². The topological polar surface area (TPSA) is 113 Å². The number of anilines is 2. The molecule has 4 aromatic rings. The van der Waals surface area contributed by atoms with E-state index in [-0.39, 0.29) is 17.7 Å². The zero-order chi connectivity index (χ0) is 28.1. The third kappa shape index (κ3) is 5.43. The molecule has 0 spiro atoms. The maximum absolute atomic E-state index is 13.3. The lowest BCUT2D eigenvalue weighted by molar-refractivity contribution is 0.0580. The summed E-state index contributed by atoms with van der Waals surface area (Å²) in [5.74, 6) is 0.450. The average Bonchev–Trinajstić information content (AvgIpc) is 3.62. The van der Waals surface area contributed by atoms with E-state index in [1.807, 2.05) is 30.3 Å². The van der Waals surface area contributed by atoms with Gasteiger partial charge in [-0.05, 0) is 43.2 Å². The molecule has 1 fully saturated rings. The van der Waals surface area contributed by atoms with Crippen molar-refractivity contribution in [2.24, 2.45) is 0 Å². The summed E-state index contributed by atoms with van der Waals surface area (Å²) < 4.78 is 23.9. The first-order valence-electron chi connectivity index (χ1n) is 13.1. The number of esters is 1. The van der Waals surface area contributed by atoms with Gasteiger partial charge in [-0.1, -0.05) is 24.3 Å². The maximum atomic E-state index is 13.3. The summed E-state index contributed by atoms with van der Waals surface area (Å²) in [6.07, 6.45) is 3.43. The van der Waals surface area contributed by atoms with Crippen LogP contribution in [0.5, 0.6) is 11.5 Å². The van der Waals surface area contributed by atoms with E-state index in [0.29, 0.717) is 59.2 Å². The number of carbonyl (C=O) groups is 2. The van der Waals surface area contributed by atoms with Crippen molar-refractivity contribution >= 4 is 34.3 Å². The van der Waals surface area contributed by atoms with Crippen LogP contribution < -0.4 is 20.1 Å². The normalized spacial score (nSPS) is 14.6. The molecule has 1 aliphatic rings. The predicted molar refractivity (Wildman–Crippen MR) is 151 cm³/mol. The number of fused-ring (bicyclic) bond motifs is 1. The van der Waals surface area contributed by atoms with Gasteiger partial charge in [-0.25, -0.2) is 9.78 Å². The molecule has 2 aromatic carbocycles. The fraction of sp³-hybridized carbons (Fsp3) is 0.300. The number of carbonyl (C=O) groups excluding carboxylic acids is 2. The van der Waals surface area contributed by atoms with Crippen molar-refractivity contribution in [1.29, 1.82) is 0 Å². The number of ether oxygens (including phenoxy) is 4. The zero-order valence-electron chi connectivity index (χ0n) is 22.7. The fourth-order valence-corrected chi connectivity index (χ4v) is 4.99. The summed E-state index contributed by atoms with van der Waals surface area (Å²) in [7, 11) is 4.54. The van der Waals surface area contributed by atoms with Crippen molar-refractivity contribution in [3.63, 3.8) is 0 Å². The second-order valence-electron chi connectivity index (χ2n) is 9.37. The molecule has 2 N–H and O–H groups in total. The minimum Gasteiger partial charge on any atom is -0.496 e. The molecule has 40 heavy (non-hydrogen) atoms. The van der Waals surface area contributed by atoms with E-state index >= 15 is 0 Å². The first kappa shape index (κ1) is 27.0. The summed E-state index contributed by atoms with van der Waals surface area (Å²) in [6, 6.07) is 16.3. The average molecular weight is 545 g/mol. The van der Waals surface area contributed by atoms with Gasteiger partial charge in [0.25, 0.3) is 5.91 Å². The van der Waals surface area contributed by atoms with Crippen LogP contribution in [0, 0.1) is 0 Å². The van der Waals surface area contributed by atoms with Crippen LogP contribution in [0.25, 0.3) is 11.0 Å². The number of nitrogens with one attached hydrogen (secondary N) is 2. The summed E-state index contributed by atoms with van der Waals surface area (Å²) >= 11 is 0. The van der Waals surface area contributed by atoms with Crippen molar-refractivity contribution in [3.8, 4) is 11.5 Å². The third-order valence-corrected chi connectivity index (χ3v) is 6.96. The molecule has 5 rings (SSSR count). The van der Waals surface area contributed by atoms with E-state index in [2.05, 4.69) is 10.6 Å². The second-order valence-corrected chi connectivity index (χ2v) is 9.37. The van der Waals surface area contributed by atoms with E-state index in [1.54, 1.807) is 49.2 Å². The van der Waals surface area contributed by atoms with Gasteiger partial charge in [0.15, 0.2) is 5.69 Å². The second kappa shape index (κ2) is 12.1. The lowest BCUT2D eigenvalue weighted by Crippen LogP contribution is -2.21. The summed E-state index contributed by atoms with van der Waals surface area (Å²) in [5, 5.41) is 6.93. The number of nitrogens with zero attached hydrogens (tertiary/aromatic N) is 2.